The van der Waals surface area contributed by atoms with Crippen LogP contribution in [0, 0.1) is 6.92 Å². The molecule has 0 aliphatic carbocycles. The molecule has 2 rings (SSSR count). The van der Waals surface area contributed by atoms with Crippen molar-refractivity contribution in [1.29, 1.82) is 0 Å². The van der Waals surface area contributed by atoms with Crippen molar-refractivity contribution in [2.75, 3.05) is 11.1 Å². The molecule has 8 heteroatoms. The van der Waals surface area contributed by atoms with Crippen molar-refractivity contribution in [1.82, 2.24) is 14.6 Å². The number of nitrogens with zero attached hydrogens (tertiary/aromatic N) is 3. The number of aliphatic hydroxyl groups is 1. The third-order valence-electron chi connectivity index (χ3n) is 1.98. The number of hydrogen-bond donors (Lipinski definition) is 3. The quantitative estimate of drug-likeness (QED) is 0.720. The first kappa shape index (κ1) is 15.8. The second-order valence-electron chi connectivity index (χ2n) is 3.44. The number of nitrogen functional groups attached to an aromatic ring is 1. The van der Waals surface area contributed by atoms with Crippen molar-refractivity contribution in [2.24, 2.45) is 0 Å². The van der Waals surface area contributed by atoms with Crippen LogP contribution in [0.25, 0.3) is 5.65 Å². The summed E-state index contributed by atoms with van der Waals surface area (Å²) in [7, 11) is 0. The van der Waals surface area contributed by atoms with Crippen LogP contribution in [0.15, 0.2) is 12.3 Å². The average molecular weight is 280 g/mol. The summed E-state index contributed by atoms with van der Waals surface area (Å²) in [5.74, 6) is 0.671. The van der Waals surface area contributed by atoms with Crippen LogP contribution in [0.4, 0.5) is 11.5 Å². The summed E-state index contributed by atoms with van der Waals surface area (Å²) in [6.45, 7) is 3.49. The predicted octanol–water partition coefficient (Wildman–Crippen LogP) is 1.21. The summed E-state index contributed by atoms with van der Waals surface area (Å²) in [6.07, 6.45) is 0.884. The first-order valence-corrected chi connectivity index (χ1v) is 4.63. The van der Waals surface area contributed by atoms with Crippen LogP contribution in [0.2, 0.25) is 0 Å². The number of aliphatic hydroxyl groups excluding tert-OH is 1. The van der Waals surface area contributed by atoms with Gasteiger partial charge in [0.05, 0.1) is 11.9 Å². The van der Waals surface area contributed by atoms with Gasteiger partial charge in [-0.25, -0.2) is 4.98 Å². The molecule has 1 atom stereocenters. The summed E-state index contributed by atoms with van der Waals surface area (Å²) in [6, 6.07) is 1.80. The maximum atomic E-state index is 9.26. The number of aromatic nitrogens is 3. The Morgan fingerprint density at radius 1 is 1.47 bits per heavy atom. The zero-order valence-corrected chi connectivity index (χ0v) is 11.0. The Hall–Kier alpha value is -1.24. The molecule has 0 saturated heterocycles. The van der Waals surface area contributed by atoms with Crippen LogP contribution in [-0.4, -0.2) is 25.9 Å². The van der Waals surface area contributed by atoms with E-state index in [1.165, 1.54) is 6.20 Å². The fraction of sp³-hybridized carbons (Fsp3) is 0.333. The van der Waals surface area contributed by atoms with Crippen LogP contribution in [0.3, 0.4) is 0 Å². The number of nitrogens with one attached hydrogen (secondary N) is 1. The largest absolute Gasteiger partial charge is 0.394 e. The van der Waals surface area contributed by atoms with E-state index in [0.717, 1.165) is 5.69 Å². The molecule has 2 aromatic heterocycles. The second kappa shape index (κ2) is 5.90. The molecule has 2 heterocycles. The highest BCUT2D eigenvalue weighted by atomic mass is 35.5. The van der Waals surface area contributed by atoms with E-state index in [1.54, 1.807) is 17.5 Å². The number of nitrogens with two attached hydrogens (primary N) is 1. The van der Waals surface area contributed by atoms with Gasteiger partial charge < -0.3 is 16.2 Å². The van der Waals surface area contributed by atoms with E-state index in [-0.39, 0.29) is 24.8 Å². The third-order valence-corrected chi connectivity index (χ3v) is 1.98. The number of anilines is 2. The van der Waals surface area contributed by atoms with Crippen LogP contribution in [-0.2, 0) is 0 Å². The zero-order valence-electron chi connectivity index (χ0n) is 9.41. The van der Waals surface area contributed by atoms with Gasteiger partial charge in [-0.3, -0.25) is 0 Å². The van der Waals surface area contributed by atoms with Crippen molar-refractivity contribution in [3.05, 3.63) is 18.0 Å². The van der Waals surface area contributed by atoms with Crippen LogP contribution < -0.4 is 11.1 Å². The van der Waals surface area contributed by atoms with E-state index in [2.05, 4.69) is 15.4 Å². The van der Waals surface area contributed by atoms with Gasteiger partial charge >= 0.3 is 0 Å². The molecule has 2 aromatic rings. The fourth-order valence-corrected chi connectivity index (χ4v) is 1.42. The topological polar surface area (TPSA) is 88.5 Å². The Labute approximate surface area is 111 Å². The lowest BCUT2D eigenvalue weighted by Gasteiger charge is -2.11. The molecule has 17 heavy (non-hydrogen) atoms. The zero-order chi connectivity index (χ0) is 11.0. The number of rotatable bonds is 2. The molecule has 0 fully saturated rings. The van der Waals surface area contributed by atoms with Crippen LogP contribution >= 0.6 is 24.8 Å². The van der Waals surface area contributed by atoms with E-state index < -0.39 is 6.23 Å². The lowest BCUT2D eigenvalue weighted by Crippen LogP contribution is -2.16. The van der Waals surface area contributed by atoms with Crippen molar-refractivity contribution in [3.8, 4) is 0 Å². The molecule has 1 unspecified atom stereocenters. The molecule has 0 radical (unpaired) electrons. The Morgan fingerprint density at radius 3 is 2.71 bits per heavy atom. The lowest BCUT2D eigenvalue weighted by atomic mass is 10.4. The molecule has 4 N–H and O–H groups in total. The minimum absolute atomic E-state index is 0. The number of fused-ring (bicyclic) bond motifs is 1. The van der Waals surface area contributed by atoms with Crippen molar-refractivity contribution >= 4 is 42.0 Å². The first-order valence-electron chi connectivity index (χ1n) is 4.63. The highest BCUT2D eigenvalue weighted by molar-refractivity contribution is 5.85. The van der Waals surface area contributed by atoms with Gasteiger partial charge in [-0.05, 0) is 13.8 Å². The molecule has 0 saturated carbocycles. The van der Waals surface area contributed by atoms with Gasteiger partial charge in [-0.1, -0.05) is 0 Å². The standard InChI is InChI=1S/C9H13N5O.2ClH/c1-5-3-8(13-6(2)15)14-9(12-5)7(10)4-11-14;;/h3-4,6,13,15H,10H2,1-2H3;2*1H. The molecule has 0 bridgehead atoms. The van der Waals surface area contributed by atoms with Crippen LogP contribution in [0.5, 0.6) is 0 Å². The number of aryl methyl sites for hydroxylation is 1. The molecule has 0 amide bonds. The van der Waals surface area contributed by atoms with Crippen molar-refractivity contribution < 1.29 is 5.11 Å². The highest BCUT2D eigenvalue weighted by Crippen LogP contribution is 2.17. The minimum atomic E-state index is -0.652. The highest BCUT2D eigenvalue weighted by Gasteiger charge is 2.08. The van der Waals surface area contributed by atoms with Gasteiger partial charge in [-0.15, -0.1) is 24.8 Å². The second-order valence-corrected chi connectivity index (χ2v) is 3.44. The fourth-order valence-electron chi connectivity index (χ4n) is 1.42. The predicted molar refractivity (Wildman–Crippen MR) is 71.9 cm³/mol. The summed E-state index contributed by atoms with van der Waals surface area (Å²) in [5.41, 5.74) is 7.64. The molecule has 96 valence electrons. The maximum Gasteiger partial charge on any atom is 0.180 e. The van der Waals surface area contributed by atoms with E-state index in [9.17, 15) is 5.11 Å². The Morgan fingerprint density at radius 2 is 2.12 bits per heavy atom. The molecular formula is C9H15Cl2N5O. The maximum absolute atomic E-state index is 9.26. The van der Waals surface area contributed by atoms with Gasteiger partial charge in [0, 0.05) is 11.8 Å². The Bertz CT molecular complexity index is 499. The molecule has 0 aliphatic rings. The summed E-state index contributed by atoms with van der Waals surface area (Å²) in [4.78, 5) is 4.26. The summed E-state index contributed by atoms with van der Waals surface area (Å²) >= 11 is 0. The third kappa shape index (κ3) is 3.12. The van der Waals surface area contributed by atoms with E-state index in [4.69, 9.17) is 5.73 Å². The molecule has 0 aromatic carbocycles. The minimum Gasteiger partial charge on any atom is -0.394 e. The van der Waals surface area contributed by atoms with Gasteiger partial charge in [-0.2, -0.15) is 9.61 Å². The first-order chi connectivity index (χ1) is 7.08. The van der Waals surface area contributed by atoms with Gasteiger partial charge in [0.2, 0.25) is 0 Å². The molecule has 6 nitrogen and oxygen atoms in total. The van der Waals surface area contributed by atoms with Crippen molar-refractivity contribution in [2.45, 2.75) is 20.1 Å². The van der Waals surface area contributed by atoms with Gasteiger partial charge in [0.1, 0.15) is 12.0 Å². The van der Waals surface area contributed by atoms with E-state index in [0.29, 0.717) is 17.2 Å². The monoisotopic (exact) mass is 279 g/mol. The SMILES string of the molecule is Cc1cc(NC(C)O)n2ncc(N)c2n1.Cl.Cl. The molecule has 0 spiro atoms. The molecule has 0 aliphatic heterocycles. The average Bonchev–Trinajstić information content (AvgIpc) is 2.47. The van der Waals surface area contributed by atoms with Gasteiger partial charge in [0.15, 0.2) is 5.65 Å². The number of halogens is 2. The van der Waals surface area contributed by atoms with E-state index >= 15 is 0 Å². The van der Waals surface area contributed by atoms with Crippen LogP contribution in [0.1, 0.15) is 12.6 Å². The Kier molecular flexibility index (Phi) is 5.47. The molecular weight excluding hydrogens is 265 g/mol. The Balaban J connectivity index is 0.00000128. The normalized spacial score (nSPS) is 11.5. The lowest BCUT2D eigenvalue weighted by molar-refractivity contribution is 0.223. The summed E-state index contributed by atoms with van der Waals surface area (Å²) in [5, 5.41) is 16.2. The number of hydrogen-bond acceptors (Lipinski definition) is 5. The summed E-state index contributed by atoms with van der Waals surface area (Å²) < 4.78 is 1.56. The van der Waals surface area contributed by atoms with Crippen molar-refractivity contribution in [3.63, 3.8) is 0 Å². The van der Waals surface area contributed by atoms with E-state index in [1.807, 2.05) is 6.92 Å². The smallest absolute Gasteiger partial charge is 0.180 e. The van der Waals surface area contributed by atoms with Gasteiger partial charge in [0.25, 0.3) is 0 Å².